The van der Waals surface area contributed by atoms with Gasteiger partial charge in [0, 0.05) is 6.07 Å². The van der Waals surface area contributed by atoms with E-state index in [0.29, 0.717) is 12.8 Å². The van der Waals surface area contributed by atoms with Gasteiger partial charge in [-0.25, -0.2) is 8.78 Å². The maximum Gasteiger partial charge on any atom is 0.223 e. The molecule has 0 radical (unpaired) electrons. The Kier molecular flexibility index (Phi) is 5.12. The number of carbonyl (C=O) groups excluding carboxylic acids is 1. The molecule has 2 N–H and O–H groups in total. The lowest BCUT2D eigenvalue weighted by Crippen LogP contribution is -2.36. The van der Waals surface area contributed by atoms with Gasteiger partial charge in [0.2, 0.25) is 5.91 Å². The number of benzene rings is 1. The Morgan fingerprint density at radius 2 is 2.05 bits per heavy atom. The number of rotatable bonds is 6. The standard InChI is InChI=1S/C15H19F2NO3/c16-11-3-4-13(12(17)9-11)21-8-7-18-14(19)10-15(20)5-1-2-6-15/h3-4,9,20H,1-2,5-8,10H2,(H,18,19). The first-order valence-electron chi connectivity index (χ1n) is 7.05. The van der Waals surface area contributed by atoms with Crippen LogP contribution in [-0.2, 0) is 4.79 Å². The molecule has 0 atom stereocenters. The van der Waals surface area contributed by atoms with E-state index >= 15 is 0 Å². The highest BCUT2D eigenvalue weighted by molar-refractivity contribution is 5.77. The Hall–Kier alpha value is -1.69. The molecule has 0 saturated heterocycles. The van der Waals surface area contributed by atoms with Crippen LogP contribution in [0.3, 0.4) is 0 Å². The topological polar surface area (TPSA) is 58.6 Å². The van der Waals surface area contributed by atoms with Gasteiger partial charge in [0.25, 0.3) is 0 Å². The summed E-state index contributed by atoms with van der Waals surface area (Å²) < 4.78 is 31.1. The third kappa shape index (κ3) is 4.67. The van der Waals surface area contributed by atoms with Gasteiger partial charge >= 0.3 is 0 Å². The first-order chi connectivity index (χ1) is 9.98. The van der Waals surface area contributed by atoms with Crippen LogP contribution in [0.5, 0.6) is 5.75 Å². The van der Waals surface area contributed by atoms with Crippen molar-refractivity contribution in [2.24, 2.45) is 0 Å². The van der Waals surface area contributed by atoms with Crippen molar-refractivity contribution in [3.05, 3.63) is 29.8 Å². The van der Waals surface area contributed by atoms with E-state index in [0.717, 1.165) is 25.0 Å². The lowest BCUT2D eigenvalue weighted by Gasteiger charge is -2.21. The summed E-state index contributed by atoms with van der Waals surface area (Å²) in [6.45, 7) is 0.276. The molecule has 1 saturated carbocycles. The molecule has 0 spiro atoms. The highest BCUT2D eigenvalue weighted by Gasteiger charge is 2.33. The lowest BCUT2D eigenvalue weighted by atomic mass is 9.98. The van der Waals surface area contributed by atoms with Gasteiger partial charge in [-0.2, -0.15) is 0 Å². The molecule has 4 nitrogen and oxygen atoms in total. The van der Waals surface area contributed by atoms with Gasteiger partial charge in [-0.05, 0) is 25.0 Å². The highest BCUT2D eigenvalue weighted by atomic mass is 19.1. The van der Waals surface area contributed by atoms with Gasteiger partial charge in [-0.1, -0.05) is 12.8 Å². The van der Waals surface area contributed by atoms with Crippen molar-refractivity contribution in [2.45, 2.75) is 37.7 Å². The third-order valence-electron chi connectivity index (χ3n) is 3.60. The second kappa shape index (κ2) is 6.85. The summed E-state index contributed by atoms with van der Waals surface area (Å²) >= 11 is 0. The minimum atomic E-state index is -0.881. The van der Waals surface area contributed by atoms with Crippen LogP contribution in [0.2, 0.25) is 0 Å². The minimum Gasteiger partial charge on any atom is -0.489 e. The van der Waals surface area contributed by atoms with E-state index in [1.165, 1.54) is 6.07 Å². The molecule has 1 aromatic carbocycles. The van der Waals surface area contributed by atoms with E-state index in [2.05, 4.69) is 5.32 Å². The van der Waals surface area contributed by atoms with Crippen LogP contribution in [0, 0.1) is 11.6 Å². The predicted molar refractivity (Wildman–Crippen MR) is 72.9 cm³/mol. The van der Waals surface area contributed by atoms with Crippen molar-refractivity contribution in [1.29, 1.82) is 0 Å². The smallest absolute Gasteiger partial charge is 0.223 e. The van der Waals surface area contributed by atoms with Gasteiger partial charge in [0.15, 0.2) is 11.6 Å². The molecule has 0 heterocycles. The average Bonchev–Trinajstić information content (AvgIpc) is 2.83. The molecule has 0 aliphatic heterocycles. The van der Waals surface area contributed by atoms with Crippen molar-refractivity contribution in [3.63, 3.8) is 0 Å². The van der Waals surface area contributed by atoms with Crippen LogP contribution < -0.4 is 10.1 Å². The molecule has 1 aliphatic carbocycles. The van der Waals surface area contributed by atoms with E-state index < -0.39 is 17.2 Å². The summed E-state index contributed by atoms with van der Waals surface area (Å²) in [5, 5.41) is 12.7. The summed E-state index contributed by atoms with van der Waals surface area (Å²) in [6, 6.07) is 3.05. The number of ether oxygens (including phenoxy) is 1. The monoisotopic (exact) mass is 299 g/mol. The van der Waals surface area contributed by atoms with Crippen molar-refractivity contribution >= 4 is 5.91 Å². The number of halogens is 2. The number of hydrogen-bond donors (Lipinski definition) is 2. The van der Waals surface area contributed by atoms with E-state index in [9.17, 15) is 18.7 Å². The molecule has 0 bridgehead atoms. The number of aliphatic hydroxyl groups is 1. The predicted octanol–water partition coefficient (Wildman–Crippen LogP) is 2.16. The molecule has 116 valence electrons. The number of amides is 1. The Labute approximate surface area is 122 Å². The fourth-order valence-electron chi connectivity index (χ4n) is 2.51. The van der Waals surface area contributed by atoms with Crippen molar-refractivity contribution in [1.82, 2.24) is 5.32 Å². The molecule has 1 fully saturated rings. The number of carbonyl (C=O) groups is 1. The SMILES string of the molecule is O=C(CC1(O)CCCC1)NCCOc1ccc(F)cc1F. The van der Waals surface area contributed by atoms with Gasteiger partial charge in [0.05, 0.1) is 18.6 Å². The first-order valence-corrected chi connectivity index (χ1v) is 7.05. The molecular weight excluding hydrogens is 280 g/mol. The maximum atomic E-state index is 13.3. The molecular formula is C15H19F2NO3. The molecule has 2 rings (SSSR count). The van der Waals surface area contributed by atoms with Crippen LogP contribution in [0.15, 0.2) is 18.2 Å². The van der Waals surface area contributed by atoms with E-state index in [-0.39, 0.29) is 31.2 Å². The van der Waals surface area contributed by atoms with Gasteiger partial charge in [-0.3, -0.25) is 4.79 Å². The zero-order valence-corrected chi connectivity index (χ0v) is 11.7. The van der Waals surface area contributed by atoms with E-state index in [1.54, 1.807) is 0 Å². The maximum absolute atomic E-state index is 13.3. The molecule has 0 aromatic heterocycles. The molecule has 1 aromatic rings. The Morgan fingerprint density at radius 1 is 1.33 bits per heavy atom. The second-order valence-corrected chi connectivity index (χ2v) is 5.38. The zero-order chi connectivity index (χ0) is 15.3. The second-order valence-electron chi connectivity index (χ2n) is 5.38. The van der Waals surface area contributed by atoms with Crippen LogP contribution in [0.4, 0.5) is 8.78 Å². The van der Waals surface area contributed by atoms with Crippen LogP contribution in [0.1, 0.15) is 32.1 Å². The third-order valence-corrected chi connectivity index (χ3v) is 3.60. The minimum absolute atomic E-state index is 0.0555. The summed E-state index contributed by atoms with van der Waals surface area (Å²) in [5.41, 5.74) is -0.881. The summed E-state index contributed by atoms with van der Waals surface area (Å²) in [7, 11) is 0. The number of hydrogen-bond acceptors (Lipinski definition) is 3. The van der Waals surface area contributed by atoms with E-state index in [1.807, 2.05) is 0 Å². The Morgan fingerprint density at radius 3 is 2.71 bits per heavy atom. The average molecular weight is 299 g/mol. The fourth-order valence-corrected chi connectivity index (χ4v) is 2.51. The summed E-state index contributed by atoms with van der Waals surface area (Å²) in [4.78, 5) is 11.7. The van der Waals surface area contributed by atoms with Gasteiger partial charge < -0.3 is 15.2 Å². The molecule has 0 unspecified atom stereocenters. The molecule has 1 amide bonds. The largest absolute Gasteiger partial charge is 0.489 e. The first kappa shape index (κ1) is 15.7. The van der Waals surface area contributed by atoms with Crippen molar-refractivity contribution < 1.29 is 23.4 Å². The summed E-state index contributed by atoms with van der Waals surface area (Å²) in [6.07, 6.45) is 3.26. The van der Waals surface area contributed by atoms with Crippen molar-refractivity contribution in [2.75, 3.05) is 13.2 Å². The fraction of sp³-hybridized carbons (Fsp3) is 0.533. The molecule has 21 heavy (non-hydrogen) atoms. The van der Waals surface area contributed by atoms with Crippen LogP contribution in [0.25, 0.3) is 0 Å². The molecule has 6 heteroatoms. The Bertz CT molecular complexity index is 502. The van der Waals surface area contributed by atoms with Crippen LogP contribution in [-0.4, -0.2) is 29.8 Å². The zero-order valence-electron chi connectivity index (χ0n) is 11.7. The Balaban J connectivity index is 1.68. The summed E-state index contributed by atoms with van der Waals surface area (Å²) in [5.74, 6) is -1.75. The normalized spacial score (nSPS) is 16.7. The molecule has 1 aliphatic rings. The van der Waals surface area contributed by atoms with Crippen LogP contribution >= 0.6 is 0 Å². The van der Waals surface area contributed by atoms with Crippen molar-refractivity contribution in [3.8, 4) is 5.75 Å². The van der Waals surface area contributed by atoms with Gasteiger partial charge in [-0.15, -0.1) is 0 Å². The van der Waals surface area contributed by atoms with Gasteiger partial charge in [0.1, 0.15) is 12.4 Å². The highest BCUT2D eigenvalue weighted by Crippen LogP contribution is 2.32. The number of nitrogens with one attached hydrogen (secondary N) is 1. The quantitative estimate of drug-likeness (QED) is 0.791. The van der Waals surface area contributed by atoms with E-state index in [4.69, 9.17) is 4.74 Å². The lowest BCUT2D eigenvalue weighted by molar-refractivity contribution is -0.126.